The summed E-state index contributed by atoms with van der Waals surface area (Å²) in [4.78, 5) is 13.8. The second-order valence-corrected chi connectivity index (χ2v) is 5.96. The average Bonchev–Trinajstić information content (AvgIpc) is 2.27. The molecule has 4 nitrogen and oxygen atoms in total. The van der Waals surface area contributed by atoms with Crippen LogP contribution in [0.15, 0.2) is 12.2 Å². The molecule has 1 aliphatic heterocycles. The third-order valence-corrected chi connectivity index (χ3v) is 3.12. The zero-order valence-corrected chi connectivity index (χ0v) is 11.9. The van der Waals surface area contributed by atoms with Gasteiger partial charge < -0.3 is 15.4 Å². The fraction of sp³-hybridized carbons (Fsp3) is 0.786. The Morgan fingerprint density at radius 1 is 1.50 bits per heavy atom. The number of carbonyl (C=O) groups is 1. The van der Waals surface area contributed by atoms with Crippen LogP contribution in [-0.2, 0) is 4.74 Å². The second kappa shape index (κ2) is 6.23. The molecule has 0 saturated carbocycles. The molecule has 0 radical (unpaired) electrons. The summed E-state index contributed by atoms with van der Waals surface area (Å²) in [7, 11) is 0. The van der Waals surface area contributed by atoms with Crippen molar-refractivity contribution in [2.45, 2.75) is 45.6 Å². The molecule has 0 aromatic rings. The maximum absolute atomic E-state index is 12.0. The van der Waals surface area contributed by atoms with Crippen LogP contribution in [0, 0.1) is 5.92 Å². The van der Waals surface area contributed by atoms with Crippen LogP contribution >= 0.6 is 0 Å². The van der Waals surface area contributed by atoms with Crippen molar-refractivity contribution in [3.8, 4) is 0 Å². The van der Waals surface area contributed by atoms with Crippen LogP contribution < -0.4 is 5.73 Å². The number of hydrogen-bond donors (Lipinski definition) is 1. The first-order chi connectivity index (χ1) is 8.33. The minimum absolute atomic E-state index is 0.215. The lowest BCUT2D eigenvalue weighted by molar-refractivity contribution is 0.0181. The number of nitrogens with two attached hydrogens (primary N) is 1. The quantitative estimate of drug-likeness (QED) is 0.787. The molecule has 1 saturated heterocycles. The fourth-order valence-corrected chi connectivity index (χ4v) is 2.19. The zero-order valence-electron chi connectivity index (χ0n) is 11.9. The molecule has 1 atom stereocenters. The van der Waals surface area contributed by atoms with Crippen LogP contribution in [0.4, 0.5) is 4.79 Å². The normalized spacial score (nSPS) is 20.7. The second-order valence-electron chi connectivity index (χ2n) is 5.96. The minimum Gasteiger partial charge on any atom is -0.444 e. The molecule has 18 heavy (non-hydrogen) atoms. The van der Waals surface area contributed by atoms with E-state index in [4.69, 9.17) is 10.5 Å². The van der Waals surface area contributed by atoms with Gasteiger partial charge >= 0.3 is 6.09 Å². The lowest BCUT2D eigenvalue weighted by atomic mass is 9.90. The summed E-state index contributed by atoms with van der Waals surface area (Å²) in [5.41, 5.74) is 6.27. The van der Waals surface area contributed by atoms with E-state index in [9.17, 15) is 4.79 Å². The third-order valence-electron chi connectivity index (χ3n) is 3.12. The SMILES string of the molecule is C=C(CCN)C1CCCN(C(=O)OC(C)(C)C)C1. The standard InChI is InChI=1S/C14H26N2O2/c1-11(7-8-15)12-6-5-9-16(10-12)13(17)18-14(2,3)4/h12H,1,5-10,15H2,2-4H3. The Labute approximate surface area is 110 Å². The highest BCUT2D eigenvalue weighted by molar-refractivity contribution is 5.68. The molecule has 0 aromatic heterocycles. The lowest BCUT2D eigenvalue weighted by Crippen LogP contribution is -2.43. The number of likely N-dealkylation sites (tertiary alicyclic amines) is 1. The Morgan fingerprint density at radius 3 is 2.72 bits per heavy atom. The predicted octanol–water partition coefficient (Wildman–Crippen LogP) is 2.54. The average molecular weight is 254 g/mol. The molecular formula is C14H26N2O2. The van der Waals surface area contributed by atoms with Crippen molar-refractivity contribution in [1.29, 1.82) is 0 Å². The van der Waals surface area contributed by atoms with Crippen LogP contribution in [0.3, 0.4) is 0 Å². The highest BCUT2D eigenvalue weighted by atomic mass is 16.6. The first kappa shape index (κ1) is 15.0. The van der Waals surface area contributed by atoms with Gasteiger partial charge in [-0.05, 0) is 52.5 Å². The molecule has 4 heteroatoms. The molecule has 0 aromatic carbocycles. The first-order valence-corrected chi connectivity index (χ1v) is 6.69. The summed E-state index contributed by atoms with van der Waals surface area (Å²) in [5.74, 6) is 0.370. The van der Waals surface area contributed by atoms with Crippen LogP contribution in [0.2, 0.25) is 0 Å². The van der Waals surface area contributed by atoms with Gasteiger partial charge in [0.25, 0.3) is 0 Å². The number of carbonyl (C=O) groups excluding carboxylic acids is 1. The maximum atomic E-state index is 12.0. The molecular weight excluding hydrogens is 228 g/mol. The van der Waals surface area contributed by atoms with Gasteiger partial charge in [0.15, 0.2) is 0 Å². The molecule has 1 fully saturated rings. The van der Waals surface area contributed by atoms with Crippen LogP contribution in [0.5, 0.6) is 0 Å². The van der Waals surface area contributed by atoms with Crippen molar-refractivity contribution in [3.63, 3.8) is 0 Å². The Balaban J connectivity index is 2.53. The highest BCUT2D eigenvalue weighted by Gasteiger charge is 2.28. The number of ether oxygens (including phenoxy) is 1. The fourth-order valence-electron chi connectivity index (χ4n) is 2.19. The van der Waals surface area contributed by atoms with Crippen LogP contribution in [0.25, 0.3) is 0 Å². The lowest BCUT2D eigenvalue weighted by Gasteiger charge is -2.35. The number of hydrogen-bond acceptors (Lipinski definition) is 3. The largest absolute Gasteiger partial charge is 0.444 e. The molecule has 0 spiro atoms. The van der Waals surface area contributed by atoms with Crippen molar-refractivity contribution in [2.24, 2.45) is 11.7 Å². The van der Waals surface area contributed by atoms with Crippen molar-refractivity contribution in [2.75, 3.05) is 19.6 Å². The van der Waals surface area contributed by atoms with Gasteiger partial charge in [-0.3, -0.25) is 0 Å². The molecule has 0 bridgehead atoms. The summed E-state index contributed by atoms with van der Waals surface area (Å²) < 4.78 is 5.40. The van der Waals surface area contributed by atoms with Gasteiger partial charge in [0.05, 0.1) is 0 Å². The van der Waals surface area contributed by atoms with Gasteiger partial charge in [-0.25, -0.2) is 4.79 Å². The molecule has 104 valence electrons. The van der Waals surface area contributed by atoms with Gasteiger partial charge in [-0.2, -0.15) is 0 Å². The number of amides is 1. The number of rotatable bonds is 3. The molecule has 1 unspecified atom stereocenters. The third kappa shape index (κ3) is 4.69. The van der Waals surface area contributed by atoms with E-state index < -0.39 is 5.60 Å². The van der Waals surface area contributed by atoms with E-state index in [1.807, 2.05) is 20.8 Å². The van der Waals surface area contributed by atoms with E-state index in [-0.39, 0.29) is 6.09 Å². The van der Waals surface area contributed by atoms with E-state index in [0.717, 1.165) is 31.4 Å². The Hall–Kier alpha value is -1.03. The molecule has 0 aliphatic carbocycles. The van der Waals surface area contributed by atoms with Crippen LogP contribution in [0.1, 0.15) is 40.0 Å². The molecule has 1 rings (SSSR count). The van der Waals surface area contributed by atoms with Gasteiger partial charge in [-0.1, -0.05) is 12.2 Å². The summed E-state index contributed by atoms with van der Waals surface area (Å²) in [6, 6.07) is 0. The van der Waals surface area contributed by atoms with Gasteiger partial charge in [0.1, 0.15) is 5.60 Å². The van der Waals surface area contributed by atoms with Crippen molar-refractivity contribution < 1.29 is 9.53 Å². The van der Waals surface area contributed by atoms with E-state index in [1.165, 1.54) is 0 Å². The first-order valence-electron chi connectivity index (χ1n) is 6.69. The van der Waals surface area contributed by atoms with E-state index >= 15 is 0 Å². The topological polar surface area (TPSA) is 55.6 Å². The van der Waals surface area contributed by atoms with Crippen molar-refractivity contribution in [1.82, 2.24) is 4.90 Å². The minimum atomic E-state index is -0.432. The van der Waals surface area contributed by atoms with E-state index in [2.05, 4.69) is 6.58 Å². The predicted molar refractivity (Wildman–Crippen MR) is 73.3 cm³/mol. The summed E-state index contributed by atoms with van der Waals surface area (Å²) >= 11 is 0. The van der Waals surface area contributed by atoms with Gasteiger partial charge in [-0.15, -0.1) is 0 Å². The summed E-state index contributed by atoms with van der Waals surface area (Å²) in [6.07, 6.45) is 2.73. The Kier molecular flexibility index (Phi) is 5.20. The summed E-state index contributed by atoms with van der Waals surface area (Å²) in [6.45, 7) is 11.9. The number of nitrogens with zero attached hydrogens (tertiary/aromatic N) is 1. The molecule has 1 amide bonds. The molecule has 1 aliphatic rings. The van der Waals surface area contributed by atoms with E-state index in [1.54, 1.807) is 4.90 Å². The van der Waals surface area contributed by atoms with Crippen molar-refractivity contribution in [3.05, 3.63) is 12.2 Å². The zero-order chi connectivity index (χ0) is 13.8. The monoisotopic (exact) mass is 254 g/mol. The highest BCUT2D eigenvalue weighted by Crippen LogP contribution is 2.25. The number of piperidine rings is 1. The van der Waals surface area contributed by atoms with Crippen LogP contribution in [-0.4, -0.2) is 36.2 Å². The van der Waals surface area contributed by atoms with Gasteiger partial charge in [0.2, 0.25) is 0 Å². The summed E-state index contributed by atoms with van der Waals surface area (Å²) in [5, 5.41) is 0. The Morgan fingerprint density at radius 2 is 2.17 bits per heavy atom. The molecule has 1 heterocycles. The van der Waals surface area contributed by atoms with E-state index in [0.29, 0.717) is 19.0 Å². The molecule has 2 N–H and O–H groups in total. The Bertz CT molecular complexity index is 307. The smallest absolute Gasteiger partial charge is 0.410 e. The van der Waals surface area contributed by atoms with Gasteiger partial charge in [0, 0.05) is 13.1 Å². The van der Waals surface area contributed by atoms with Crippen molar-refractivity contribution >= 4 is 6.09 Å². The maximum Gasteiger partial charge on any atom is 0.410 e.